The van der Waals surface area contributed by atoms with E-state index in [4.69, 9.17) is 9.72 Å². The number of halogens is 3. The van der Waals surface area contributed by atoms with Crippen LogP contribution in [0.15, 0.2) is 53.4 Å². The zero-order valence-corrected chi connectivity index (χ0v) is 19.2. The van der Waals surface area contributed by atoms with Crippen LogP contribution >= 0.6 is 0 Å². The van der Waals surface area contributed by atoms with Gasteiger partial charge in [0.15, 0.2) is 5.82 Å². The van der Waals surface area contributed by atoms with E-state index in [0.717, 1.165) is 28.6 Å². The number of aromatic nitrogens is 2. The Morgan fingerprint density at radius 3 is 2.34 bits per heavy atom. The molecule has 3 heterocycles. The number of alkyl halides is 3. The molecule has 0 bridgehead atoms. The lowest BCUT2D eigenvalue weighted by molar-refractivity contribution is -0.137. The van der Waals surface area contributed by atoms with Crippen molar-refractivity contribution in [1.82, 2.24) is 9.97 Å². The van der Waals surface area contributed by atoms with Gasteiger partial charge in [0.05, 0.1) is 29.4 Å². The van der Waals surface area contributed by atoms with E-state index in [2.05, 4.69) is 4.98 Å². The Kier molecular flexibility index (Phi) is 5.80. The SMILES string of the molecule is O=S(=O)(c1ccc(C(F)(F)F)cc1)N1CCc2c(-c3cccc(O)c3)nc(N3CCOCC3)nc21. The zero-order valence-electron chi connectivity index (χ0n) is 18.4. The van der Waals surface area contributed by atoms with Gasteiger partial charge in [0, 0.05) is 30.8 Å². The largest absolute Gasteiger partial charge is 0.508 e. The Labute approximate surface area is 199 Å². The molecule has 1 saturated heterocycles. The van der Waals surface area contributed by atoms with E-state index in [1.165, 1.54) is 6.07 Å². The Hall–Kier alpha value is -3.38. The van der Waals surface area contributed by atoms with E-state index in [1.54, 1.807) is 18.2 Å². The normalized spacial score (nSPS) is 16.4. The van der Waals surface area contributed by atoms with Crippen LogP contribution in [-0.4, -0.2) is 56.3 Å². The molecule has 1 aromatic heterocycles. The summed E-state index contributed by atoms with van der Waals surface area (Å²) >= 11 is 0. The Morgan fingerprint density at radius 1 is 0.971 bits per heavy atom. The van der Waals surface area contributed by atoms with Crippen molar-refractivity contribution in [2.75, 3.05) is 42.1 Å². The molecule has 8 nitrogen and oxygen atoms in total. The number of anilines is 2. The Balaban J connectivity index is 1.61. The van der Waals surface area contributed by atoms with Gasteiger partial charge in [-0.05, 0) is 42.8 Å². The number of benzene rings is 2. The maximum absolute atomic E-state index is 13.5. The topological polar surface area (TPSA) is 95.9 Å². The quantitative estimate of drug-likeness (QED) is 0.579. The summed E-state index contributed by atoms with van der Waals surface area (Å²) in [4.78, 5) is 10.9. The number of phenolic OH excluding ortho intramolecular Hbond substituents is 1. The average molecular weight is 507 g/mol. The first-order chi connectivity index (χ1) is 16.6. The fraction of sp³-hybridized carbons (Fsp3) is 0.304. The number of rotatable bonds is 4. The van der Waals surface area contributed by atoms with E-state index in [9.17, 15) is 26.7 Å². The lowest BCUT2D eigenvalue weighted by atomic mass is 10.1. The predicted molar refractivity (Wildman–Crippen MR) is 122 cm³/mol. The molecule has 0 spiro atoms. The molecule has 3 aromatic rings. The van der Waals surface area contributed by atoms with Crippen molar-refractivity contribution < 1.29 is 31.4 Å². The smallest absolute Gasteiger partial charge is 0.416 e. The number of fused-ring (bicyclic) bond motifs is 1. The summed E-state index contributed by atoms with van der Waals surface area (Å²) in [6.07, 6.45) is -4.26. The number of sulfonamides is 1. The molecule has 1 N–H and O–H groups in total. The molecule has 1 fully saturated rings. The van der Waals surface area contributed by atoms with Gasteiger partial charge < -0.3 is 14.7 Å². The second-order valence-electron chi connectivity index (χ2n) is 8.17. The third-order valence-corrected chi connectivity index (χ3v) is 7.76. The predicted octanol–water partition coefficient (Wildman–Crippen LogP) is 3.46. The van der Waals surface area contributed by atoms with E-state index < -0.39 is 21.8 Å². The van der Waals surface area contributed by atoms with Gasteiger partial charge in [-0.2, -0.15) is 18.2 Å². The molecule has 0 unspecified atom stereocenters. The first kappa shape index (κ1) is 23.4. The maximum Gasteiger partial charge on any atom is 0.416 e. The number of morpholine rings is 1. The molecule has 0 atom stereocenters. The molecule has 0 amide bonds. The number of hydrogen-bond donors (Lipinski definition) is 1. The summed E-state index contributed by atoms with van der Waals surface area (Å²) in [5.74, 6) is 0.537. The van der Waals surface area contributed by atoms with Gasteiger partial charge in [-0.3, -0.25) is 0 Å². The van der Waals surface area contributed by atoms with Crippen LogP contribution in [0.3, 0.4) is 0 Å². The highest BCUT2D eigenvalue weighted by Gasteiger charge is 2.37. The third-order valence-electron chi connectivity index (χ3n) is 5.96. The summed E-state index contributed by atoms with van der Waals surface area (Å²) in [6, 6.07) is 9.90. The monoisotopic (exact) mass is 506 g/mol. The third kappa shape index (κ3) is 4.39. The lowest BCUT2D eigenvalue weighted by Gasteiger charge is -2.28. The van der Waals surface area contributed by atoms with Crippen LogP contribution in [0.5, 0.6) is 5.75 Å². The summed E-state index contributed by atoms with van der Waals surface area (Å²) in [5, 5.41) is 9.99. The molecule has 12 heteroatoms. The fourth-order valence-electron chi connectivity index (χ4n) is 4.19. The van der Waals surface area contributed by atoms with Crippen molar-refractivity contribution in [3.8, 4) is 17.0 Å². The van der Waals surface area contributed by atoms with E-state index in [1.807, 2.05) is 4.90 Å². The van der Waals surface area contributed by atoms with Crippen molar-refractivity contribution in [1.29, 1.82) is 0 Å². The number of nitrogens with zero attached hydrogens (tertiary/aromatic N) is 4. The molecule has 0 saturated carbocycles. The summed E-state index contributed by atoms with van der Waals surface area (Å²) in [6.45, 7) is 2.03. The average Bonchev–Trinajstić information content (AvgIpc) is 3.28. The molecular weight excluding hydrogens is 485 g/mol. The fourth-order valence-corrected chi connectivity index (χ4v) is 5.64. The summed E-state index contributed by atoms with van der Waals surface area (Å²) in [7, 11) is -4.19. The van der Waals surface area contributed by atoms with Gasteiger partial charge in [0.1, 0.15) is 5.75 Å². The maximum atomic E-state index is 13.5. The van der Waals surface area contributed by atoms with Crippen LogP contribution in [-0.2, 0) is 27.4 Å². The molecule has 2 aliphatic rings. The lowest BCUT2D eigenvalue weighted by Crippen LogP contribution is -2.38. The molecule has 5 rings (SSSR count). The highest BCUT2D eigenvalue weighted by molar-refractivity contribution is 7.92. The Morgan fingerprint density at radius 2 is 1.69 bits per heavy atom. The number of ether oxygens (including phenoxy) is 1. The van der Waals surface area contributed by atoms with E-state index >= 15 is 0 Å². The molecule has 2 aliphatic heterocycles. The minimum absolute atomic E-state index is 0.0370. The van der Waals surface area contributed by atoms with Gasteiger partial charge in [0.2, 0.25) is 5.95 Å². The number of phenols is 1. The van der Waals surface area contributed by atoms with Crippen LogP contribution in [0.4, 0.5) is 24.9 Å². The first-order valence-electron chi connectivity index (χ1n) is 10.9. The van der Waals surface area contributed by atoms with Crippen LogP contribution < -0.4 is 9.21 Å². The van der Waals surface area contributed by atoms with Crippen molar-refractivity contribution in [3.05, 3.63) is 59.7 Å². The number of hydrogen-bond acceptors (Lipinski definition) is 7. The first-order valence-corrected chi connectivity index (χ1v) is 12.3. The van der Waals surface area contributed by atoms with Crippen LogP contribution in [0.25, 0.3) is 11.3 Å². The van der Waals surface area contributed by atoms with Gasteiger partial charge >= 0.3 is 6.18 Å². The molecular formula is C23H21F3N4O4S. The highest BCUT2D eigenvalue weighted by atomic mass is 32.2. The summed E-state index contributed by atoms with van der Waals surface area (Å²) < 4.78 is 72.3. The Bertz CT molecular complexity index is 1360. The molecule has 184 valence electrons. The second-order valence-corrected chi connectivity index (χ2v) is 10.0. The zero-order chi connectivity index (χ0) is 24.8. The van der Waals surface area contributed by atoms with Gasteiger partial charge in [-0.25, -0.2) is 17.7 Å². The van der Waals surface area contributed by atoms with Crippen LogP contribution in [0.2, 0.25) is 0 Å². The molecule has 0 aliphatic carbocycles. The number of aromatic hydroxyl groups is 1. The van der Waals surface area contributed by atoms with Crippen molar-refractivity contribution in [2.45, 2.75) is 17.5 Å². The van der Waals surface area contributed by atoms with E-state index in [0.29, 0.717) is 55.5 Å². The standard InChI is InChI=1S/C23H21F3N4O4S/c24-23(25,26)16-4-6-18(7-5-16)35(32,33)30-9-8-19-20(15-2-1-3-17(31)14-15)27-22(28-21(19)30)29-10-12-34-13-11-29/h1-7,14,31H,8-13H2. The van der Waals surface area contributed by atoms with Crippen LogP contribution in [0.1, 0.15) is 11.1 Å². The van der Waals surface area contributed by atoms with E-state index in [-0.39, 0.29) is 23.0 Å². The molecule has 35 heavy (non-hydrogen) atoms. The van der Waals surface area contributed by atoms with Gasteiger partial charge in [0.25, 0.3) is 10.0 Å². The summed E-state index contributed by atoms with van der Waals surface area (Å²) in [5.41, 5.74) is 0.758. The molecule has 2 aromatic carbocycles. The van der Waals surface area contributed by atoms with Crippen molar-refractivity contribution in [2.24, 2.45) is 0 Å². The van der Waals surface area contributed by atoms with Crippen molar-refractivity contribution >= 4 is 21.8 Å². The van der Waals surface area contributed by atoms with Crippen LogP contribution in [0, 0.1) is 0 Å². The van der Waals surface area contributed by atoms with Gasteiger partial charge in [-0.1, -0.05) is 12.1 Å². The minimum atomic E-state index is -4.57. The second kappa shape index (κ2) is 8.68. The highest BCUT2D eigenvalue weighted by Crippen LogP contribution is 2.39. The minimum Gasteiger partial charge on any atom is -0.508 e. The van der Waals surface area contributed by atoms with Gasteiger partial charge in [-0.15, -0.1) is 0 Å². The molecule has 0 radical (unpaired) electrons. The van der Waals surface area contributed by atoms with Crippen molar-refractivity contribution in [3.63, 3.8) is 0 Å².